The number of methoxy groups -OCH3 is 2. The van der Waals surface area contributed by atoms with Crippen LogP contribution < -0.4 is 0 Å². The van der Waals surface area contributed by atoms with Gasteiger partial charge in [-0.2, -0.15) is 0 Å². The van der Waals surface area contributed by atoms with Gasteiger partial charge in [-0.3, -0.25) is 0 Å². The number of rotatable bonds is 8. The van der Waals surface area contributed by atoms with Crippen LogP contribution in [0.25, 0.3) is 0 Å². The van der Waals surface area contributed by atoms with E-state index in [4.69, 9.17) is 27.8 Å². The first-order valence-electron chi connectivity index (χ1n) is 18.7. The Morgan fingerprint density at radius 2 is 1.21 bits per heavy atom. The normalized spacial score (nSPS) is 22.7. The molecule has 0 fully saturated rings. The zero-order chi connectivity index (χ0) is 41.1. The summed E-state index contributed by atoms with van der Waals surface area (Å²) in [4.78, 5) is 35.3. The van der Waals surface area contributed by atoms with E-state index in [2.05, 4.69) is 9.97 Å². The molecule has 304 valence electrons. The van der Waals surface area contributed by atoms with Gasteiger partial charge in [0.25, 0.3) is 0 Å². The molecule has 0 aromatic carbocycles. The van der Waals surface area contributed by atoms with Crippen molar-refractivity contribution in [3.8, 4) is 0 Å². The Labute approximate surface area is 330 Å². The minimum absolute atomic E-state index is 0.00434. The van der Waals surface area contributed by atoms with Gasteiger partial charge in [0.2, 0.25) is 0 Å². The molecule has 3 rings (SSSR count). The third-order valence-electron chi connectivity index (χ3n) is 9.57. The van der Waals surface area contributed by atoms with E-state index in [1.807, 2.05) is 108 Å². The Kier molecular flexibility index (Phi) is 18.4. The molecule has 6 atom stereocenters. The van der Waals surface area contributed by atoms with Crippen molar-refractivity contribution in [3.63, 3.8) is 0 Å². The number of fused-ring (bicyclic) bond motifs is 4. The highest BCUT2D eigenvalue weighted by atomic mass is 16.6. The lowest BCUT2D eigenvalue weighted by Crippen LogP contribution is -2.42. The van der Waals surface area contributed by atoms with Crippen molar-refractivity contribution in [2.75, 3.05) is 14.2 Å². The molecule has 0 saturated carbocycles. The number of nitrogens with zero attached hydrogens (tertiary/aromatic N) is 2. The summed E-state index contributed by atoms with van der Waals surface area (Å²) in [6, 6.07) is 0. The van der Waals surface area contributed by atoms with Gasteiger partial charge in [0.05, 0.1) is 30.8 Å². The van der Waals surface area contributed by atoms with Crippen molar-refractivity contribution in [1.29, 1.82) is 0 Å². The summed E-state index contributed by atoms with van der Waals surface area (Å²) in [5.41, 5.74) is -1.66. The first-order chi connectivity index (χ1) is 26.8. The van der Waals surface area contributed by atoms with Crippen LogP contribution in [-0.2, 0) is 31.8 Å². The van der Waals surface area contributed by atoms with E-state index in [0.29, 0.717) is 18.7 Å². The van der Waals surface area contributed by atoms with Gasteiger partial charge in [0, 0.05) is 44.3 Å². The molecule has 1 aliphatic rings. The van der Waals surface area contributed by atoms with Gasteiger partial charge in [0.1, 0.15) is 24.7 Å². The molecule has 0 spiro atoms. The van der Waals surface area contributed by atoms with Crippen LogP contribution in [0.4, 0.5) is 0 Å². The number of esters is 2. The van der Waals surface area contributed by atoms with Crippen LogP contribution in [0.5, 0.6) is 0 Å². The Balaban J connectivity index is 1.93. The Hall–Kier alpha value is -4.88. The quantitative estimate of drug-likeness (QED) is 0.200. The second kappa shape index (κ2) is 22.6. The molecular formula is C44H58N2O10. The van der Waals surface area contributed by atoms with Crippen LogP contribution in [-0.4, -0.2) is 83.0 Å². The molecule has 12 nitrogen and oxygen atoms in total. The fourth-order valence-corrected chi connectivity index (χ4v) is 5.60. The molecule has 2 N–H and O–H groups in total. The Bertz CT molecular complexity index is 1770. The van der Waals surface area contributed by atoms with Gasteiger partial charge in [0.15, 0.2) is 23.2 Å². The highest BCUT2D eigenvalue weighted by Crippen LogP contribution is 2.33. The molecule has 12 heteroatoms. The van der Waals surface area contributed by atoms with Gasteiger partial charge in [-0.1, -0.05) is 125 Å². The van der Waals surface area contributed by atoms with Crippen molar-refractivity contribution in [2.24, 2.45) is 10.8 Å². The van der Waals surface area contributed by atoms with Gasteiger partial charge in [-0.25, -0.2) is 19.6 Å². The second-order valence-corrected chi connectivity index (χ2v) is 14.4. The molecule has 56 heavy (non-hydrogen) atoms. The van der Waals surface area contributed by atoms with Crippen LogP contribution in [0.3, 0.4) is 0 Å². The van der Waals surface area contributed by atoms with Crippen LogP contribution in [0.15, 0.2) is 119 Å². The van der Waals surface area contributed by atoms with Crippen molar-refractivity contribution in [1.82, 2.24) is 9.97 Å². The SMILES string of the molecule is CC=C[C@H](O)C(C)(C)[C@H]1CC=CC=CC=C[C@H](OC)Cc2nc(co2)C(=O)O[C@@H](C(C)(C)[C@@H](O)C=CC)CC=C[C@@H](OC)C=CC=CCc2nc(co2)C(=O)O1. The minimum atomic E-state index is -0.895. The summed E-state index contributed by atoms with van der Waals surface area (Å²) >= 11 is 0. The maximum atomic E-state index is 13.4. The first kappa shape index (κ1) is 45.5. The van der Waals surface area contributed by atoms with Crippen molar-refractivity contribution < 1.29 is 47.6 Å². The number of aliphatic hydroxyl groups is 2. The number of aromatic nitrogens is 2. The largest absolute Gasteiger partial charge is 0.457 e. The number of hydrogen-bond donors (Lipinski definition) is 2. The Morgan fingerprint density at radius 3 is 1.79 bits per heavy atom. The fourth-order valence-electron chi connectivity index (χ4n) is 5.60. The monoisotopic (exact) mass is 774 g/mol. The molecule has 0 aliphatic carbocycles. The number of aliphatic hydroxyl groups excluding tert-OH is 2. The predicted molar refractivity (Wildman–Crippen MR) is 214 cm³/mol. The van der Waals surface area contributed by atoms with E-state index in [9.17, 15) is 19.8 Å². The molecule has 0 saturated heterocycles. The number of oxazole rings is 2. The predicted octanol–water partition coefficient (Wildman–Crippen LogP) is 7.59. The zero-order valence-electron chi connectivity index (χ0n) is 33.7. The number of allylic oxidation sites excluding steroid dienone is 9. The number of hydrogen-bond acceptors (Lipinski definition) is 12. The highest BCUT2D eigenvalue weighted by Gasteiger charge is 2.39. The third kappa shape index (κ3) is 13.7. The average molecular weight is 775 g/mol. The number of ether oxygens (including phenoxy) is 4. The molecule has 0 radical (unpaired) electrons. The molecular weight excluding hydrogens is 716 g/mol. The summed E-state index contributed by atoms with van der Waals surface area (Å²) in [7, 11) is 3.14. The van der Waals surface area contributed by atoms with Gasteiger partial charge in [-0.15, -0.1) is 0 Å². The molecule has 2 aromatic heterocycles. The average Bonchev–Trinajstić information content (AvgIpc) is 3.85. The van der Waals surface area contributed by atoms with E-state index in [1.165, 1.54) is 12.5 Å². The fraction of sp³-hybridized carbons (Fsp3) is 0.455. The lowest BCUT2D eigenvalue weighted by molar-refractivity contribution is -0.0462. The van der Waals surface area contributed by atoms with Gasteiger partial charge < -0.3 is 38.0 Å². The number of carbonyl (C=O) groups excluding carboxylic acids is 2. The van der Waals surface area contributed by atoms with E-state index >= 15 is 0 Å². The van der Waals surface area contributed by atoms with E-state index < -0.39 is 59.4 Å². The zero-order valence-corrected chi connectivity index (χ0v) is 33.7. The summed E-state index contributed by atoms with van der Waals surface area (Å²) in [5.74, 6) is -0.721. The molecule has 1 aliphatic heterocycles. The molecule has 2 aromatic rings. The van der Waals surface area contributed by atoms with Gasteiger partial charge >= 0.3 is 11.9 Å². The highest BCUT2D eigenvalue weighted by molar-refractivity contribution is 5.87. The summed E-state index contributed by atoms with van der Waals surface area (Å²) < 4.78 is 34.2. The van der Waals surface area contributed by atoms with E-state index in [1.54, 1.807) is 44.6 Å². The Morgan fingerprint density at radius 1 is 0.696 bits per heavy atom. The van der Waals surface area contributed by atoms with Crippen molar-refractivity contribution >= 4 is 11.9 Å². The smallest absolute Gasteiger partial charge is 0.360 e. The molecule has 0 amide bonds. The van der Waals surface area contributed by atoms with Crippen LogP contribution in [0.1, 0.15) is 87.1 Å². The maximum Gasteiger partial charge on any atom is 0.360 e. The third-order valence-corrected chi connectivity index (χ3v) is 9.57. The van der Waals surface area contributed by atoms with Crippen LogP contribution >= 0.6 is 0 Å². The van der Waals surface area contributed by atoms with Crippen LogP contribution in [0.2, 0.25) is 0 Å². The van der Waals surface area contributed by atoms with Crippen LogP contribution in [0, 0.1) is 10.8 Å². The van der Waals surface area contributed by atoms with E-state index in [-0.39, 0.29) is 30.1 Å². The second-order valence-electron chi connectivity index (χ2n) is 14.4. The van der Waals surface area contributed by atoms with E-state index in [0.717, 1.165) is 0 Å². The van der Waals surface area contributed by atoms with Crippen molar-refractivity contribution in [3.05, 3.63) is 133 Å². The number of cyclic esters (lactones) is 2. The molecule has 4 bridgehead atoms. The summed E-state index contributed by atoms with van der Waals surface area (Å²) in [6.45, 7) is 11.0. The lowest BCUT2D eigenvalue weighted by Gasteiger charge is -2.36. The molecule has 3 heterocycles. The van der Waals surface area contributed by atoms with Gasteiger partial charge in [-0.05, 0) is 13.8 Å². The van der Waals surface area contributed by atoms with Crippen molar-refractivity contribution in [2.45, 2.75) is 104 Å². The lowest BCUT2D eigenvalue weighted by atomic mass is 9.79. The summed E-state index contributed by atoms with van der Waals surface area (Å²) in [6.07, 6.45) is 28.4. The number of carbonyl (C=O) groups is 2. The topological polar surface area (TPSA) is 164 Å². The minimum Gasteiger partial charge on any atom is -0.457 e. The molecule has 0 unspecified atom stereocenters. The summed E-state index contributed by atoms with van der Waals surface area (Å²) in [5, 5.41) is 21.8. The maximum absolute atomic E-state index is 13.4. The first-order valence-corrected chi connectivity index (χ1v) is 18.7. The standard InChI is InChI=1S/C44H58N2O10/c1-9-20-35(47)43(3,4)37-25-17-13-11-12-15-23-32(52-8)28-40-46-34(30-54-40)42(50)56-38(44(5,6)36(48)21-10-2)26-19-24-31(51-7)22-16-14-18-27-39-45-33(29-53-39)41(49)55-37/h9-24,29-32,35-38,47-48H,25-28H2,1-8H3/t31-,32-,35-,36-,37+,38+/m0/s1.